The van der Waals surface area contributed by atoms with Crippen molar-refractivity contribution >= 4 is 39.1 Å². The van der Waals surface area contributed by atoms with E-state index in [1.54, 1.807) is 36.7 Å². The van der Waals surface area contributed by atoms with Gasteiger partial charge in [0, 0.05) is 42.1 Å². The molecule has 1 N–H and O–H groups in total. The largest absolute Gasteiger partial charge is 0.326 e. The van der Waals surface area contributed by atoms with Crippen LogP contribution < -0.4 is 5.32 Å². The molecule has 1 saturated heterocycles. The van der Waals surface area contributed by atoms with Crippen molar-refractivity contribution in [1.29, 1.82) is 0 Å². The van der Waals surface area contributed by atoms with Gasteiger partial charge in [0.2, 0.25) is 5.91 Å². The molecule has 1 aliphatic rings. The maximum atomic E-state index is 12.7. The van der Waals surface area contributed by atoms with Crippen LogP contribution >= 0.6 is 27.5 Å². The predicted octanol–water partition coefficient (Wildman–Crippen LogP) is 3.18. The van der Waals surface area contributed by atoms with Crippen LogP contribution in [0.1, 0.15) is 11.7 Å². The third-order valence-corrected chi connectivity index (χ3v) is 4.58. The molecule has 1 aromatic heterocycles. The van der Waals surface area contributed by atoms with Gasteiger partial charge in [-0.2, -0.15) is 0 Å². The average Bonchev–Trinajstić information content (AvgIpc) is 2.92. The Balaban J connectivity index is 1.77. The van der Waals surface area contributed by atoms with Crippen molar-refractivity contribution in [2.24, 2.45) is 5.92 Å². The van der Waals surface area contributed by atoms with E-state index in [4.69, 9.17) is 11.6 Å². The zero-order valence-corrected chi connectivity index (χ0v) is 14.9. The molecule has 23 heavy (non-hydrogen) atoms. The maximum Gasteiger partial charge on any atom is 0.229 e. The molecule has 1 fully saturated rings. The highest BCUT2D eigenvalue weighted by Crippen LogP contribution is 2.31. The molecule has 1 aliphatic heterocycles. The number of benzene rings is 1. The monoisotopic (exact) mass is 394 g/mol. The summed E-state index contributed by atoms with van der Waals surface area (Å²) in [5.41, 5.74) is 0.740. The standard InChI is InChI=1S/C16H16BrClN4O/c1-22-8-13(15-19-6-10(17)7-20-15)14(9-22)16(23)21-12-4-2-11(18)3-5-12/h2-7,13-14H,8-9H2,1H3,(H,21,23). The van der Waals surface area contributed by atoms with Crippen LogP contribution in [0.4, 0.5) is 5.69 Å². The van der Waals surface area contributed by atoms with Gasteiger partial charge in [0.25, 0.3) is 0 Å². The number of nitrogens with zero attached hydrogens (tertiary/aromatic N) is 3. The van der Waals surface area contributed by atoms with E-state index in [1.165, 1.54) is 0 Å². The number of carbonyl (C=O) groups excluding carboxylic acids is 1. The topological polar surface area (TPSA) is 58.1 Å². The highest BCUT2D eigenvalue weighted by atomic mass is 79.9. The summed E-state index contributed by atoms with van der Waals surface area (Å²) in [6.45, 7) is 1.45. The van der Waals surface area contributed by atoms with E-state index in [-0.39, 0.29) is 17.7 Å². The van der Waals surface area contributed by atoms with Crippen LogP contribution in [0.15, 0.2) is 41.1 Å². The quantitative estimate of drug-likeness (QED) is 0.867. The SMILES string of the molecule is CN1CC(C(=O)Nc2ccc(Cl)cc2)C(c2ncc(Br)cn2)C1. The van der Waals surface area contributed by atoms with Crippen molar-refractivity contribution in [3.8, 4) is 0 Å². The number of hydrogen-bond acceptors (Lipinski definition) is 4. The highest BCUT2D eigenvalue weighted by Gasteiger charge is 2.38. The van der Waals surface area contributed by atoms with Gasteiger partial charge in [0.05, 0.1) is 10.4 Å². The molecule has 0 aliphatic carbocycles. The van der Waals surface area contributed by atoms with Crippen LogP contribution in [0.25, 0.3) is 0 Å². The Morgan fingerprint density at radius 1 is 1.26 bits per heavy atom. The minimum atomic E-state index is -0.183. The summed E-state index contributed by atoms with van der Waals surface area (Å²) in [4.78, 5) is 23.5. The molecular weight excluding hydrogens is 380 g/mol. The van der Waals surface area contributed by atoms with Gasteiger partial charge in [-0.25, -0.2) is 9.97 Å². The molecule has 0 saturated carbocycles. The molecule has 1 aromatic carbocycles. The molecule has 0 radical (unpaired) electrons. The van der Waals surface area contributed by atoms with Crippen LogP contribution in [0.5, 0.6) is 0 Å². The first-order valence-electron chi connectivity index (χ1n) is 7.25. The second-order valence-electron chi connectivity index (χ2n) is 5.69. The number of rotatable bonds is 3. The van der Waals surface area contributed by atoms with Crippen LogP contribution in [0, 0.1) is 5.92 Å². The van der Waals surface area contributed by atoms with Gasteiger partial charge < -0.3 is 10.2 Å². The van der Waals surface area contributed by atoms with E-state index in [0.29, 0.717) is 17.4 Å². The molecular formula is C16H16BrClN4O. The first-order valence-corrected chi connectivity index (χ1v) is 8.42. The Morgan fingerprint density at radius 3 is 2.57 bits per heavy atom. The number of likely N-dealkylation sites (N-methyl/N-ethyl adjacent to an activating group) is 1. The molecule has 2 heterocycles. The second-order valence-corrected chi connectivity index (χ2v) is 7.04. The summed E-state index contributed by atoms with van der Waals surface area (Å²) in [5.74, 6) is 0.485. The van der Waals surface area contributed by atoms with Gasteiger partial charge in [0.1, 0.15) is 5.82 Å². The molecule has 3 rings (SSSR count). The lowest BCUT2D eigenvalue weighted by Crippen LogP contribution is -2.29. The third kappa shape index (κ3) is 3.88. The van der Waals surface area contributed by atoms with Gasteiger partial charge >= 0.3 is 0 Å². The van der Waals surface area contributed by atoms with Gasteiger partial charge in [-0.3, -0.25) is 4.79 Å². The maximum absolute atomic E-state index is 12.7. The van der Waals surface area contributed by atoms with E-state index in [2.05, 4.69) is 36.1 Å². The number of aromatic nitrogens is 2. The molecule has 120 valence electrons. The summed E-state index contributed by atoms with van der Waals surface area (Å²) in [5, 5.41) is 3.60. The van der Waals surface area contributed by atoms with Crippen molar-refractivity contribution in [2.45, 2.75) is 5.92 Å². The summed E-state index contributed by atoms with van der Waals surface area (Å²) in [6.07, 6.45) is 3.43. The zero-order chi connectivity index (χ0) is 16.4. The number of amides is 1. The minimum absolute atomic E-state index is 0.0135. The van der Waals surface area contributed by atoms with E-state index in [0.717, 1.165) is 16.7 Å². The lowest BCUT2D eigenvalue weighted by molar-refractivity contribution is -0.119. The molecule has 0 bridgehead atoms. The molecule has 5 nitrogen and oxygen atoms in total. The van der Waals surface area contributed by atoms with Crippen molar-refractivity contribution in [3.05, 3.63) is 52.0 Å². The van der Waals surface area contributed by atoms with Crippen molar-refractivity contribution < 1.29 is 4.79 Å². The van der Waals surface area contributed by atoms with Gasteiger partial charge in [-0.1, -0.05) is 11.6 Å². The molecule has 2 aromatic rings. The predicted molar refractivity (Wildman–Crippen MR) is 93.5 cm³/mol. The lowest BCUT2D eigenvalue weighted by atomic mass is 9.94. The normalized spacial score (nSPS) is 21.3. The van der Waals surface area contributed by atoms with E-state index in [1.807, 2.05) is 7.05 Å². The molecule has 0 spiro atoms. The number of anilines is 1. The zero-order valence-electron chi connectivity index (χ0n) is 12.5. The smallest absolute Gasteiger partial charge is 0.229 e. The van der Waals surface area contributed by atoms with Crippen LogP contribution in [-0.4, -0.2) is 40.9 Å². The molecule has 1 amide bonds. The van der Waals surface area contributed by atoms with E-state index in [9.17, 15) is 4.79 Å². The fourth-order valence-electron chi connectivity index (χ4n) is 2.81. The molecule has 2 unspecified atom stereocenters. The van der Waals surface area contributed by atoms with Crippen LogP contribution in [0.3, 0.4) is 0 Å². The molecule has 7 heteroatoms. The number of nitrogens with one attached hydrogen (secondary N) is 1. The summed E-state index contributed by atoms with van der Waals surface area (Å²) >= 11 is 9.21. The first kappa shape index (κ1) is 16.4. The van der Waals surface area contributed by atoms with Crippen molar-refractivity contribution in [2.75, 3.05) is 25.5 Å². The van der Waals surface area contributed by atoms with Crippen LogP contribution in [0.2, 0.25) is 5.02 Å². The fraction of sp³-hybridized carbons (Fsp3) is 0.312. The number of carbonyl (C=O) groups is 1. The Bertz CT molecular complexity index is 692. The lowest BCUT2D eigenvalue weighted by Gasteiger charge is -2.17. The number of likely N-dealkylation sites (tertiary alicyclic amines) is 1. The van der Waals surface area contributed by atoms with Gasteiger partial charge in [0.15, 0.2) is 0 Å². The van der Waals surface area contributed by atoms with E-state index >= 15 is 0 Å². The number of halogens is 2. The Kier molecular flexibility index (Phi) is 4.94. The first-order chi connectivity index (χ1) is 11.0. The van der Waals surface area contributed by atoms with Crippen molar-refractivity contribution in [1.82, 2.24) is 14.9 Å². The van der Waals surface area contributed by atoms with Gasteiger partial charge in [-0.05, 0) is 47.2 Å². The second kappa shape index (κ2) is 6.95. The van der Waals surface area contributed by atoms with Crippen LogP contribution in [-0.2, 0) is 4.79 Å². The van der Waals surface area contributed by atoms with E-state index < -0.39 is 0 Å². The summed E-state index contributed by atoms with van der Waals surface area (Å²) < 4.78 is 0.828. The minimum Gasteiger partial charge on any atom is -0.326 e. The Labute approximate surface area is 148 Å². The highest BCUT2D eigenvalue weighted by molar-refractivity contribution is 9.10. The Hall–Kier alpha value is -1.50. The average molecular weight is 396 g/mol. The van der Waals surface area contributed by atoms with Gasteiger partial charge in [-0.15, -0.1) is 0 Å². The third-order valence-electron chi connectivity index (χ3n) is 3.92. The summed E-state index contributed by atoms with van der Waals surface area (Å²) in [7, 11) is 2.00. The summed E-state index contributed by atoms with van der Waals surface area (Å²) in [6, 6.07) is 7.11. The van der Waals surface area contributed by atoms with Crippen molar-refractivity contribution in [3.63, 3.8) is 0 Å². The fourth-order valence-corrected chi connectivity index (χ4v) is 3.14. The molecule has 2 atom stereocenters. The Morgan fingerprint density at radius 2 is 1.91 bits per heavy atom. The number of hydrogen-bond donors (Lipinski definition) is 1.